The molecule has 92 valence electrons. The summed E-state index contributed by atoms with van der Waals surface area (Å²) in [6, 6.07) is 5.09. The zero-order valence-electron chi connectivity index (χ0n) is 9.82. The molecule has 0 atom stereocenters. The zero-order chi connectivity index (χ0) is 12.8. The number of ether oxygens (including phenoxy) is 1. The first kappa shape index (κ1) is 13.0. The number of rotatable bonds is 5. The highest BCUT2D eigenvalue weighted by Gasteiger charge is 2.08. The maximum Gasteiger partial charge on any atom is 0.305 e. The van der Waals surface area contributed by atoms with Crippen molar-refractivity contribution in [2.75, 3.05) is 13.7 Å². The lowest BCUT2D eigenvalue weighted by atomic mass is 10.1. The second-order valence-electron chi connectivity index (χ2n) is 3.58. The number of carbonyl (C=O) groups excluding carboxylic acids is 1. The predicted molar refractivity (Wildman–Crippen MR) is 62.3 cm³/mol. The Hall–Kier alpha value is -2.04. The molecule has 2 N–H and O–H groups in total. The van der Waals surface area contributed by atoms with Crippen molar-refractivity contribution in [3.05, 3.63) is 29.3 Å². The average molecular weight is 237 g/mol. The van der Waals surface area contributed by atoms with E-state index in [1.165, 1.54) is 7.11 Å². The van der Waals surface area contributed by atoms with E-state index in [0.717, 1.165) is 5.56 Å². The quantitative estimate of drug-likeness (QED) is 0.807. The van der Waals surface area contributed by atoms with Gasteiger partial charge >= 0.3 is 5.97 Å². The number of aliphatic carboxylic acids is 1. The molecular weight excluding hydrogens is 222 g/mol. The summed E-state index contributed by atoms with van der Waals surface area (Å²) in [7, 11) is 1.54. The monoisotopic (exact) mass is 237 g/mol. The Bertz CT molecular complexity index is 429. The molecule has 1 rings (SSSR count). The van der Waals surface area contributed by atoms with Gasteiger partial charge in [0.1, 0.15) is 5.75 Å². The first-order valence-electron chi connectivity index (χ1n) is 5.19. The molecule has 1 aromatic rings. The van der Waals surface area contributed by atoms with Crippen molar-refractivity contribution in [2.45, 2.75) is 13.3 Å². The van der Waals surface area contributed by atoms with Gasteiger partial charge in [-0.2, -0.15) is 0 Å². The highest BCUT2D eigenvalue weighted by atomic mass is 16.5. The van der Waals surface area contributed by atoms with E-state index in [0.29, 0.717) is 11.3 Å². The molecule has 5 heteroatoms. The molecule has 0 aliphatic carbocycles. The van der Waals surface area contributed by atoms with Gasteiger partial charge < -0.3 is 15.2 Å². The van der Waals surface area contributed by atoms with E-state index in [1.807, 2.05) is 6.92 Å². The van der Waals surface area contributed by atoms with Crippen LogP contribution in [0.2, 0.25) is 0 Å². The van der Waals surface area contributed by atoms with Crippen molar-refractivity contribution in [2.24, 2.45) is 0 Å². The fraction of sp³-hybridized carbons (Fsp3) is 0.333. The van der Waals surface area contributed by atoms with Gasteiger partial charge in [0, 0.05) is 12.1 Å². The second-order valence-corrected chi connectivity index (χ2v) is 3.58. The molecule has 0 heterocycles. The Labute approximate surface area is 99.4 Å². The third-order valence-electron chi connectivity index (χ3n) is 2.29. The molecule has 0 aliphatic rings. The minimum Gasteiger partial charge on any atom is -0.496 e. The van der Waals surface area contributed by atoms with Crippen molar-refractivity contribution in [1.29, 1.82) is 0 Å². The molecule has 17 heavy (non-hydrogen) atoms. The number of methoxy groups -OCH3 is 1. The average Bonchev–Trinajstić information content (AvgIpc) is 2.29. The molecule has 5 nitrogen and oxygen atoms in total. The van der Waals surface area contributed by atoms with E-state index in [1.54, 1.807) is 18.2 Å². The SMILES string of the molecule is COc1cc(C(=O)NCCC(=O)O)ccc1C. The second kappa shape index (κ2) is 5.89. The van der Waals surface area contributed by atoms with Gasteiger partial charge in [-0.1, -0.05) is 6.07 Å². The van der Waals surface area contributed by atoms with Crippen LogP contribution in [0.15, 0.2) is 18.2 Å². The molecular formula is C12H15NO4. The molecule has 0 spiro atoms. The molecule has 0 radical (unpaired) electrons. The van der Waals surface area contributed by atoms with Crippen molar-refractivity contribution >= 4 is 11.9 Å². The van der Waals surface area contributed by atoms with Crippen LogP contribution >= 0.6 is 0 Å². The summed E-state index contributed by atoms with van der Waals surface area (Å²) < 4.78 is 5.10. The third kappa shape index (κ3) is 3.79. The maximum absolute atomic E-state index is 11.6. The molecule has 0 aliphatic heterocycles. The summed E-state index contributed by atoms with van der Waals surface area (Å²) in [5.74, 6) is -0.604. The van der Waals surface area contributed by atoms with Crippen LogP contribution in [0.4, 0.5) is 0 Å². The van der Waals surface area contributed by atoms with Gasteiger partial charge in [0.05, 0.1) is 13.5 Å². The predicted octanol–water partition coefficient (Wildman–Crippen LogP) is 1.21. The Morgan fingerprint density at radius 1 is 1.41 bits per heavy atom. The van der Waals surface area contributed by atoms with Crippen LogP contribution in [-0.4, -0.2) is 30.6 Å². The summed E-state index contributed by atoms with van der Waals surface area (Å²) in [6.45, 7) is 2.00. The number of hydrogen-bond acceptors (Lipinski definition) is 3. The Morgan fingerprint density at radius 2 is 2.12 bits per heavy atom. The summed E-state index contributed by atoms with van der Waals surface area (Å²) >= 11 is 0. The Balaban J connectivity index is 2.66. The molecule has 1 amide bonds. The van der Waals surface area contributed by atoms with Gasteiger partial charge in [-0.3, -0.25) is 9.59 Å². The lowest BCUT2D eigenvalue weighted by Gasteiger charge is -2.07. The molecule has 0 saturated carbocycles. The van der Waals surface area contributed by atoms with Crippen LogP contribution in [0.5, 0.6) is 5.75 Å². The first-order chi connectivity index (χ1) is 8.04. The van der Waals surface area contributed by atoms with Crippen LogP contribution in [0.1, 0.15) is 22.3 Å². The van der Waals surface area contributed by atoms with E-state index >= 15 is 0 Å². The fourth-order valence-electron chi connectivity index (χ4n) is 1.35. The van der Waals surface area contributed by atoms with E-state index in [4.69, 9.17) is 9.84 Å². The van der Waals surface area contributed by atoms with Gasteiger partial charge in [-0.05, 0) is 24.6 Å². The molecule has 0 unspecified atom stereocenters. The van der Waals surface area contributed by atoms with Crippen LogP contribution in [0.25, 0.3) is 0 Å². The molecule has 0 saturated heterocycles. The Morgan fingerprint density at radius 3 is 2.71 bits per heavy atom. The third-order valence-corrected chi connectivity index (χ3v) is 2.29. The van der Waals surface area contributed by atoms with Gasteiger partial charge in [-0.15, -0.1) is 0 Å². The topological polar surface area (TPSA) is 75.6 Å². The normalized spacial score (nSPS) is 9.76. The van der Waals surface area contributed by atoms with Gasteiger partial charge in [0.25, 0.3) is 5.91 Å². The summed E-state index contributed by atoms with van der Waals surface area (Å²) in [4.78, 5) is 21.9. The van der Waals surface area contributed by atoms with Crippen LogP contribution in [0.3, 0.4) is 0 Å². The standard InChI is InChI=1S/C12H15NO4/c1-8-3-4-9(7-10(8)17-2)12(16)13-6-5-11(14)15/h3-4,7H,5-6H2,1-2H3,(H,13,16)(H,14,15). The lowest BCUT2D eigenvalue weighted by Crippen LogP contribution is -2.26. The van der Waals surface area contributed by atoms with E-state index < -0.39 is 5.97 Å². The van der Waals surface area contributed by atoms with Crippen molar-refractivity contribution in [1.82, 2.24) is 5.32 Å². The van der Waals surface area contributed by atoms with E-state index in [-0.39, 0.29) is 18.9 Å². The summed E-state index contributed by atoms with van der Waals surface area (Å²) in [6.07, 6.45) is -0.0886. The molecule has 0 fully saturated rings. The fourth-order valence-corrected chi connectivity index (χ4v) is 1.35. The number of carbonyl (C=O) groups is 2. The van der Waals surface area contributed by atoms with E-state index in [9.17, 15) is 9.59 Å². The van der Waals surface area contributed by atoms with Crippen molar-refractivity contribution in [3.63, 3.8) is 0 Å². The van der Waals surface area contributed by atoms with Gasteiger partial charge in [0.2, 0.25) is 0 Å². The highest BCUT2D eigenvalue weighted by molar-refractivity contribution is 5.94. The molecule has 0 aromatic heterocycles. The van der Waals surface area contributed by atoms with Crippen LogP contribution < -0.4 is 10.1 Å². The van der Waals surface area contributed by atoms with Crippen LogP contribution in [0, 0.1) is 6.92 Å². The lowest BCUT2D eigenvalue weighted by molar-refractivity contribution is -0.136. The van der Waals surface area contributed by atoms with Gasteiger partial charge in [0.15, 0.2) is 0 Å². The summed E-state index contributed by atoms with van der Waals surface area (Å²) in [5, 5.41) is 11.0. The summed E-state index contributed by atoms with van der Waals surface area (Å²) in [5.41, 5.74) is 1.40. The van der Waals surface area contributed by atoms with Crippen molar-refractivity contribution < 1.29 is 19.4 Å². The maximum atomic E-state index is 11.6. The smallest absolute Gasteiger partial charge is 0.305 e. The van der Waals surface area contributed by atoms with E-state index in [2.05, 4.69) is 5.32 Å². The number of aryl methyl sites for hydroxylation is 1. The molecule has 0 bridgehead atoms. The number of amides is 1. The minimum absolute atomic E-state index is 0.0886. The number of carboxylic acid groups (broad SMARTS) is 1. The highest BCUT2D eigenvalue weighted by Crippen LogP contribution is 2.18. The number of nitrogens with one attached hydrogen (secondary N) is 1. The van der Waals surface area contributed by atoms with Crippen molar-refractivity contribution in [3.8, 4) is 5.75 Å². The number of hydrogen-bond donors (Lipinski definition) is 2. The number of benzene rings is 1. The van der Waals surface area contributed by atoms with Gasteiger partial charge in [-0.25, -0.2) is 0 Å². The first-order valence-corrected chi connectivity index (χ1v) is 5.19. The minimum atomic E-state index is -0.938. The largest absolute Gasteiger partial charge is 0.496 e. The number of carboxylic acids is 1. The van der Waals surface area contributed by atoms with Crippen LogP contribution in [-0.2, 0) is 4.79 Å². The Kier molecular flexibility index (Phi) is 4.51. The molecule has 1 aromatic carbocycles. The zero-order valence-corrected chi connectivity index (χ0v) is 9.82.